The molecule has 1 atom stereocenters. The third-order valence-corrected chi connectivity index (χ3v) is 4.86. The molecule has 3 rings (SSSR count). The first-order chi connectivity index (χ1) is 12.9. The molecule has 1 amide bonds. The van der Waals surface area contributed by atoms with E-state index in [2.05, 4.69) is 4.98 Å². The molecular weight excluding hydrogens is 346 g/mol. The molecule has 0 aliphatic rings. The van der Waals surface area contributed by atoms with Crippen molar-refractivity contribution in [3.8, 4) is 0 Å². The molecule has 1 aromatic carbocycles. The van der Waals surface area contributed by atoms with E-state index in [0.717, 1.165) is 10.1 Å². The SMILES string of the molecule is CCN(Cc1ccccc1)C(=O)C(C)n1cnc2c1c(=O)n(C)c(=O)n2C. The van der Waals surface area contributed by atoms with Crippen LogP contribution < -0.4 is 11.2 Å². The minimum Gasteiger partial charge on any atom is -0.337 e. The summed E-state index contributed by atoms with van der Waals surface area (Å²) in [6.07, 6.45) is 1.45. The van der Waals surface area contributed by atoms with E-state index in [0.29, 0.717) is 13.1 Å². The predicted octanol–water partition coefficient (Wildman–Crippen LogP) is 1.04. The number of benzene rings is 1. The Morgan fingerprint density at radius 2 is 1.81 bits per heavy atom. The van der Waals surface area contributed by atoms with E-state index < -0.39 is 17.3 Å². The molecule has 2 heterocycles. The standard InChI is InChI=1S/C19H23N5O3/c1-5-23(11-14-9-7-6-8-10-14)17(25)13(2)24-12-20-16-15(24)18(26)22(4)19(27)21(16)3/h6-10,12-13H,5,11H2,1-4H3. The highest BCUT2D eigenvalue weighted by molar-refractivity contribution is 5.82. The molecule has 142 valence electrons. The first kappa shape index (κ1) is 18.6. The average molecular weight is 369 g/mol. The van der Waals surface area contributed by atoms with Crippen molar-refractivity contribution >= 4 is 17.1 Å². The first-order valence-electron chi connectivity index (χ1n) is 8.82. The summed E-state index contributed by atoms with van der Waals surface area (Å²) in [6, 6.07) is 9.12. The van der Waals surface area contributed by atoms with Gasteiger partial charge in [0.2, 0.25) is 5.91 Å². The predicted molar refractivity (Wildman–Crippen MR) is 102 cm³/mol. The zero-order valence-corrected chi connectivity index (χ0v) is 15.9. The second-order valence-electron chi connectivity index (χ2n) is 6.54. The van der Waals surface area contributed by atoms with Gasteiger partial charge in [0.25, 0.3) is 5.56 Å². The van der Waals surface area contributed by atoms with Gasteiger partial charge < -0.3 is 9.47 Å². The number of imidazole rings is 1. The number of hydrogen-bond donors (Lipinski definition) is 0. The molecule has 3 aromatic rings. The molecule has 0 fully saturated rings. The van der Waals surface area contributed by atoms with Crippen LogP contribution in [-0.2, 0) is 25.4 Å². The Morgan fingerprint density at radius 3 is 2.44 bits per heavy atom. The number of nitrogens with zero attached hydrogens (tertiary/aromatic N) is 5. The molecular formula is C19H23N5O3. The number of aryl methyl sites for hydroxylation is 1. The van der Waals surface area contributed by atoms with E-state index >= 15 is 0 Å². The molecule has 8 nitrogen and oxygen atoms in total. The molecule has 0 saturated heterocycles. The van der Waals surface area contributed by atoms with Crippen molar-refractivity contribution in [1.82, 2.24) is 23.6 Å². The van der Waals surface area contributed by atoms with Crippen LogP contribution in [0.3, 0.4) is 0 Å². The lowest BCUT2D eigenvalue weighted by Crippen LogP contribution is -2.39. The zero-order valence-electron chi connectivity index (χ0n) is 15.9. The highest BCUT2D eigenvalue weighted by Crippen LogP contribution is 2.17. The van der Waals surface area contributed by atoms with E-state index in [1.54, 1.807) is 23.4 Å². The number of rotatable bonds is 5. The van der Waals surface area contributed by atoms with Gasteiger partial charge in [-0.05, 0) is 19.4 Å². The van der Waals surface area contributed by atoms with Crippen LogP contribution in [0, 0.1) is 0 Å². The Balaban J connectivity index is 2.00. The van der Waals surface area contributed by atoms with Gasteiger partial charge in [-0.15, -0.1) is 0 Å². The minimum absolute atomic E-state index is 0.114. The van der Waals surface area contributed by atoms with Crippen LogP contribution in [0.2, 0.25) is 0 Å². The number of likely N-dealkylation sites (N-methyl/N-ethyl adjacent to an activating group) is 1. The lowest BCUT2D eigenvalue weighted by atomic mass is 10.2. The normalized spacial score (nSPS) is 12.3. The molecule has 2 aromatic heterocycles. The summed E-state index contributed by atoms with van der Waals surface area (Å²) in [6.45, 7) is 4.69. The number of fused-ring (bicyclic) bond motifs is 1. The topological polar surface area (TPSA) is 82.1 Å². The quantitative estimate of drug-likeness (QED) is 0.673. The summed E-state index contributed by atoms with van der Waals surface area (Å²) in [7, 11) is 2.98. The highest BCUT2D eigenvalue weighted by Gasteiger charge is 2.25. The van der Waals surface area contributed by atoms with Crippen molar-refractivity contribution in [1.29, 1.82) is 0 Å². The number of carbonyl (C=O) groups is 1. The second kappa shape index (κ2) is 7.22. The van der Waals surface area contributed by atoms with Gasteiger partial charge in [-0.25, -0.2) is 9.78 Å². The summed E-state index contributed by atoms with van der Waals surface area (Å²) in [5, 5.41) is 0. The summed E-state index contributed by atoms with van der Waals surface area (Å²) in [5.41, 5.74) is 0.645. The fourth-order valence-electron chi connectivity index (χ4n) is 3.19. The third kappa shape index (κ3) is 3.18. The number of carbonyl (C=O) groups excluding carboxylic acids is 1. The molecule has 8 heteroatoms. The molecule has 0 aliphatic heterocycles. The lowest BCUT2D eigenvalue weighted by Gasteiger charge is -2.25. The van der Waals surface area contributed by atoms with Gasteiger partial charge in [-0.3, -0.25) is 18.7 Å². The summed E-state index contributed by atoms with van der Waals surface area (Å²) < 4.78 is 3.89. The van der Waals surface area contributed by atoms with Crippen molar-refractivity contribution in [3.63, 3.8) is 0 Å². The Kier molecular flexibility index (Phi) is 4.98. The Hall–Kier alpha value is -3.16. The van der Waals surface area contributed by atoms with Crippen LogP contribution in [0.4, 0.5) is 0 Å². The number of aromatic nitrogens is 4. The van der Waals surface area contributed by atoms with Gasteiger partial charge in [0, 0.05) is 27.2 Å². The van der Waals surface area contributed by atoms with Gasteiger partial charge in [-0.1, -0.05) is 30.3 Å². The van der Waals surface area contributed by atoms with Crippen LogP contribution in [-0.4, -0.2) is 36.0 Å². The first-order valence-corrected chi connectivity index (χ1v) is 8.82. The van der Waals surface area contributed by atoms with Crippen molar-refractivity contribution in [3.05, 3.63) is 63.1 Å². The van der Waals surface area contributed by atoms with Gasteiger partial charge in [0.1, 0.15) is 6.04 Å². The van der Waals surface area contributed by atoms with Crippen molar-refractivity contribution in [2.45, 2.75) is 26.4 Å². The Labute approximate surface area is 156 Å². The van der Waals surface area contributed by atoms with E-state index in [9.17, 15) is 14.4 Å². The summed E-state index contributed by atoms with van der Waals surface area (Å²) in [5.74, 6) is -0.114. The molecule has 1 unspecified atom stereocenters. The fraction of sp³-hybridized carbons (Fsp3) is 0.368. The summed E-state index contributed by atoms with van der Waals surface area (Å²) >= 11 is 0. The Bertz CT molecular complexity index is 1090. The molecule has 0 saturated carbocycles. The van der Waals surface area contributed by atoms with Crippen LogP contribution in [0.25, 0.3) is 11.2 Å². The van der Waals surface area contributed by atoms with Crippen LogP contribution in [0.15, 0.2) is 46.2 Å². The fourth-order valence-corrected chi connectivity index (χ4v) is 3.19. The summed E-state index contributed by atoms with van der Waals surface area (Å²) in [4.78, 5) is 43.7. The number of amides is 1. The number of hydrogen-bond acceptors (Lipinski definition) is 4. The monoisotopic (exact) mass is 369 g/mol. The maximum atomic E-state index is 13.1. The largest absolute Gasteiger partial charge is 0.337 e. The third-order valence-electron chi connectivity index (χ3n) is 4.86. The van der Waals surface area contributed by atoms with E-state index in [1.807, 2.05) is 37.3 Å². The van der Waals surface area contributed by atoms with Crippen LogP contribution >= 0.6 is 0 Å². The maximum absolute atomic E-state index is 13.1. The highest BCUT2D eigenvalue weighted by atomic mass is 16.2. The second-order valence-corrected chi connectivity index (χ2v) is 6.54. The zero-order chi connectivity index (χ0) is 19.7. The smallest absolute Gasteiger partial charge is 0.332 e. The average Bonchev–Trinajstić information content (AvgIpc) is 3.13. The van der Waals surface area contributed by atoms with Crippen molar-refractivity contribution < 1.29 is 4.79 Å². The van der Waals surface area contributed by atoms with Crippen LogP contribution in [0.1, 0.15) is 25.5 Å². The van der Waals surface area contributed by atoms with Gasteiger partial charge in [0.15, 0.2) is 11.2 Å². The maximum Gasteiger partial charge on any atom is 0.332 e. The van der Waals surface area contributed by atoms with Gasteiger partial charge in [-0.2, -0.15) is 0 Å². The molecule has 27 heavy (non-hydrogen) atoms. The van der Waals surface area contributed by atoms with Crippen LogP contribution in [0.5, 0.6) is 0 Å². The van der Waals surface area contributed by atoms with Crippen molar-refractivity contribution in [2.75, 3.05) is 6.54 Å². The molecule has 0 aliphatic carbocycles. The molecule has 0 spiro atoms. The van der Waals surface area contributed by atoms with E-state index in [4.69, 9.17) is 0 Å². The van der Waals surface area contributed by atoms with Crippen molar-refractivity contribution in [2.24, 2.45) is 14.1 Å². The minimum atomic E-state index is -0.621. The molecule has 0 radical (unpaired) electrons. The van der Waals surface area contributed by atoms with E-state index in [-0.39, 0.29) is 17.1 Å². The Morgan fingerprint density at radius 1 is 1.15 bits per heavy atom. The van der Waals surface area contributed by atoms with Gasteiger partial charge in [0.05, 0.1) is 6.33 Å². The van der Waals surface area contributed by atoms with E-state index in [1.165, 1.54) is 17.9 Å². The molecule has 0 N–H and O–H groups in total. The van der Waals surface area contributed by atoms with Gasteiger partial charge >= 0.3 is 5.69 Å². The molecule has 0 bridgehead atoms. The lowest BCUT2D eigenvalue weighted by molar-refractivity contribution is -0.134.